The highest BCUT2D eigenvalue weighted by Crippen LogP contribution is 2.31. The van der Waals surface area contributed by atoms with Crippen molar-refractivity contribution in [1.82, 2.24) is 9.88 Å². The third kappa shape index (κ3) is 5.26. The molecule has 2 heterocycles. The van der Waals surface area contributed by atoms with Gasteiger partial charge in [-0.15, -0.1) is 0 Å². The van der Waals surface area contributed by atoms with Crippen molar-refractivity contribution in [3.63, 3.8) is 0 Å². The molecule has 1 aromatic carbocycles. The average molecular weight is 460 g/mol. The van der Waals surface area contributed by atoms with E-state index in [0.717, 1.165) is 24.0 Å². The molecule has 2 amide bonds. The zero-order chi connectivity index (χ0) is 23.3. The maximum Gasteiger partial charge on any atom is 0.305 e. The first kappa shape index (κ1) is 23.7. The maximum atomic E-state index is 12.9. The van der Waals surface area contributed by atoms with E-state index in [1.165, 1.54) is 11.1 Å². The van der Waals surface area contributed by atoms with Crippen molar-refractivity contribution in [2.24, 2.45) is 5.73 Å². The molecule has 0 saturated heterocycles. The Morgan fingerprint density at radius 1 is 1.34 bits per heavy atom. The summed E-state index contributed by atoms with van der Waals surface area (Å²) in [4.78, 5) is 42.6. The van der Waals surface area contributed by atoms with Crippen LogP contribution in [0.15, 0.2) is 30.5 Å². The van der Waals surface area contributed by atoms with Crippen molar-refractivity contribution in [1.29, 1.82) is 0 Å². The molecular weight excluding hydrogens is 434 g/mol. The SMILES string of the molecule is CCCCOC(=O)CCC(C(N)=O)N1Cc2cc(-c3cc(CO)c(Cl)cn3)ccc2C1=O. The molecule has 2 aromatic rings. The quantitative estimate of drug-likeness (QED) is 0.416. The van der Waals surface area contributed by atoms with Crippen LogP contribution in [0.4, 0.5) is 0 Å². The molecule has 0 aliphatic carbocycles. The number of aliphatic hydroxyl groups is 1. The van der Waals surface area contributed by atoms with E-state index in [1.54, 1.807) is 18.2 Å². The number of esters is 1. The highest BCUT2D eigenvalue weighted by Gasteiger charge is 2.35. The fraction of sp³-hybridized carbons (Fsp3) is 0.391. The number of fused-ring (bicyclic) bond motifs is 1. The second-order valence-electron chi connectivity index (χ2n) is 7.65. The molecule has 32 heavy (non-hydrogen) atoms. The molecule has 1 atom stereocenters. The van der Waals surface area contributed by atoms with E-state index in [1.807, 2.05) is 13.0 Å². The van der Waals surface area contributed by atoms with Gasteiger partial charge in [-0.3, -0.25) is 19.4 Å². The number of benzene rings is 1. The van der Waals surface area contributed by atoms with E-state index in [4.69, 9.17) is 22.1 Å². The molecule has 8 nitrogen and oxygen atoms in total. The molecule has 1 aromatic heterocycles. The van der Waals surface area contributed by atoms with Gasteiger partial charge < -0.3 is 20.5 Å². The summed E-state index contributed by atoms with van der Waals surface area (Å²) in [6.07, 6.45) is 3.25. The molecule has 0 saturated carbocycles. The van der Waals surface area contributed by atoms with Gasteiger partial charge in [-0.05, 0) is 42.2 Å². The Labute approximate surface area is 191 Å². The van der Waals surface area contributed by atoms with E-state index in [9.17, 15) is 19.5 Å². The van der Waals surface area contributed by atoms with Gasteiger partial charge in [-0.25, -0.2) is 0 Å². The van der Waals surface area contributed by atoms with Crippen LogP contribution in [-0.2, 0) is 27.5 Å². The molecule has 1 unspecified atom stereocenters. The van der Waals surface area contributed by atoms with Gasteiger partial charge in [-0.1, -0.05) is 31.0 Å². The van der Waals surface area contributed by atoms with Crippen molar-refractivity contribution in [3.8, 4) is 11.3 Å². The van der Waals surface area contributed by atoms with Crippen LogP contribution in [0.3, 0.4) is 0 Å². The van der Waals surface area contributed by atoms with E-state index in [2.05, 4.69) is 4.98 Å². The van der Waals surface area contributed by atoms with Gasteiger partial charge in [0.1, 0.15) is 6.04 Å². The number of unbranched alkanes of at least 4 members (excludes halogenated alkanes) is 1. The summed E-state index contributed by atoms with van der Waals surface area (Å²) in [6, 6.07) is 6.03. The lowest BCUT2D eigenvalue weighted by Crippen LogP contribution is -2.45. The van der Waals surface area contributed by atoms with Crippen molar-refractivity contribution >= 4 is 29.4 Å². The molecule has 9 heteroatoms. The smallest absolute Gasteiger partial charge is 0.305 e. The van der Waals surface area contributed by atoms with Gasteiger partial charge in [0, 0.05) is 30.3 Å². The molecule has 170 valence electrons. The number of hydrogen-bond donors (Lipinski definition) is 2. The summed E-state index contributed by atoms with van der Waals surface area (Å²) in [5, 5.41) is 9.81. The topological polar surface area (TPSA) is 123 Å². The second kappa shape index (κ2) is 10.6. The van der Waals surface area contributed by atoms with Crippen LogP contribution >= 0.6 is 11.6 Å². The van der Waals surface area contributed by atoms with Crippen molar-refractivity contribution in [3.05, 3.63) is 52.2 Å². The number of halogens is 1. The molecule has 3 rings (SSSR count). The minimum absolute atomic E-state index is 0.00132. The molecule has 1 aliphatic rings. The van der Waals surface area contributed by atoms with Gasteiger partial charge in [-0.2, -0.15) is 0 Å². The summed E-state index contributed by atoms with van der Waals surface area (Å²) in [5.41, 5.74) is 8.67. The molecule has 1 aliphatic heterocycles. The zero-order valence-corrected chi connectivity index (χ0v) is 18.6. The standard InChI is InChI=1S/C23H26ClN3O5/c1-2-3-8-32-21(29)7-6-20(22(25)30)27-12-15-9-14(4-5-17(15)23(27)31)19-10-16(13-28)18(24)11-26-19/h4-5,9-11,20,28H,2-3,6-8,12-13H2,1H3,(H2,25,30). The second-order valence-corrected chi connectivity index (χ2v) is 8.06. The largest absolute Gasteiger partial charge is 0.466 e. The van der Waals surface area contributed by atoms with Crippen LogP contribution in [0.1, 0.15) is 54.1 Å². The Morgan fingerprint density at radius 2 is 2.12 bits per heavy atom. The number of amides is 2. The summed E-state index contributed by atoms with van der Waals surface area (Å²) in [6.45, 7) is 2.31. The van der Waals surface area contributed by atoms with Crippen LogP contribution in [-0.4, -0.2) is 45.4 Å². The number of hydrogen-bond acceptors (Lipinski definition) is 6. The third-order valence-electron chi connectivity index (χ3n) is 5.43. The number of rotatable bonds is 10. The average Bonchev–Trinajstić information content (AvgIpc) is 3.09. The third-order valence-corrected chi connectivity index (χ3v) is 5.77. The Bertz CT molecular complexity index is 1030. The molecule has 3 N–H and O–H groups in total. The van der Waals surface area contributed by atoms with Gasteiger partial charge >= 0.3 is 5.97 Å². The summed E-state index contributed by atoms with van der Waals surface area (Å²) < 4.78 is 5.13. The molecule has 0 fully saturated rings. The lowest BCUT2D eigenvalue weighted by Gasteiger charge is -2.24. The Kier molecular flexibility index (Phi) is 7.82. The van der Waals surface area contributed by atoms with Gasteiger partial charge in [0.15, 0.2) is 0 Å². The van der Waals surface area contributed by atoms with Crippen molar-refractivity contribution < 1.29 is 24.2 Å². The summed E-state index contributed by atoms with van der Waals surface area (Å²) in [5.74, 6) is -1.39. The van der Waals surface area contributed by atoms with Gasteiger partial charge in [0.25, 0.3) is 5.91 Å². The van der Waals surface area contributed by atoms with E-state index < -0.39 is 17.9 Å². The van der Waals surface area contributed by atoms with Crippen molar-refractivity contribution in [2.45, 2.75) is 51.8 Å². The maximum absolute atomic E-state index is 12.9. The molecule has 0 spiro atoms. The van der Waals surface area contributed by atoms with E-state index in [0.29, 0.717) is 28.5 Å². The summed E-state index contributed by atoms with van der Waals surface area (Å²) >= 11 is 6.02. The number of ether oxygens (including phenoxy) is 1. The monoisotopic (exact) mass is 459 g/mol. The van der Waals surface area contributed by atoms with Crippen LogP contribution in [0.5, 0.6) is 0 Å². The number of aromatic nitrogens is 1. The minimum atomic E-state index is -0.910. The lowest BCUT2D eigenvalue weighted by atomic mass is 10.0. The minimum Gasteiger partial charge on any atom is -0.466 e. The van der Waals surface area contributed by atoms with E-state index in [-0.39, 0.29) is 31.9 Å². The van der Waals surface area contributed by atoms with E-state index >= 15 is 0 Å². The van der Waals surface area contributed by atoms with Crippen LogP contribution in [0, 0.1) is 0 Å². The first-order valence-electron chi connectivity index (χ1n) is 10.5. The lowest BCUT2D eigenvalue weighted by molar-refractivity contribution is -0.144. The zero-order valence-electron chi connectivity index (χ0n) is 17.8. The van der Waals surface area contributed by atoms with Crippen molar-refractivity contribution in [2.75, 3.05) is 6.61 Å². The fourth-order valence-corrected chi connectivity index (χ4v) is 3.79. The highest BCUT2D eigenvalue weighted by atomic mass is 35.5. The Hall–Kier alpha value is -2.97. The number of carbonyl (C=O) groups is 3. The molecule has 0 bridgehead atoms. The summed E-state index contributed by atoms with van der Waals surface area (Å²) in [7, 11) is 0. The normalized spacial score (nSPS) is 13.7. The first-order valence-corrected chi connectivity index (χ1v) is 10.9. The van der Waals surface area contributed by atoms with Crippen LogP contribution in [0.25, 0.3) is 11.3 Å². The Balaban J connectivity index is 1.75. The van der Waals surface area contributed by atoms with Gasteiger partial charge in [0.05, 0.1) is 23.9 Å². The number of pyridine rings is 1. The highest BCUT2D eigenvalue weighted by molar-refractivity contribution is 6.31. The number of carbonyl (C=O) groups excluding carboxylic acids is 3. The Morgan fingerprint density at radius 3 is 2.81 bits per heavy atom. The fourth-order valence-electron chi connectivity index (χ4n) is 3.62. The first-order chi connectivity index (χ1) is 15.3. The predicted molar refractivity (Wildman–Crippen MR) is 119 cm³/mol. The van der Waals surface area contributed by atoms with Crippen LogP contribution < -0.4 is 5.73 Å². The predicted octanol–water partition coefficient (Wildman–Crippen LogP) is 2.83. The molecule has 0 radical (unpaired) electrons. The number of nitrogens with two attached hydrogens (primary N) is 1. The number of nitrogens with zero attached hydrogens (tertiary/aromatic N) is 2. The van der Waals surface area contributed by atoms with Gasteiger partial charge in [0.2, 0.25) is 5.91 Å². The number of primary amides is 1. The van der Waals surface area contributed by atoms with Crippen LogP contribution in [0.2, 0.25) is 5.02 Å². The number of aliphatic hydroxyl groups excluding tert-OH is 1. The molecular formula is C23H26ClN3O5.